The third-order valence-corrected chi connectivity index (χ3v) is 4.02. The summed E-state index contributed by atoms with van der Waals surface area (Å²) in [4.78, 5) is 35.8. The van der Waals surface area contributed by atoms with E-state index < -0.39 is 18.5 Å². The van der Waals surface area contributed by atoms with Crippen molar-refractivity contribution in [1.82, 2.24) is 0 Å². The largest absolute Gasteiger partial charge is 0.450 e. The molecule has 0 aliphatic heterocycles. The number of amides is 1. The first kappa shape index (κ1) is 17.2. The number of fused-ring (bicyclic) bond motifs is 1. The molecular formula is C18H12INO5. The lowest BCUT2D eigenvalue weighted by atomic mass is 10.2. The average Bonchev–Trinajstić information content (AvgIpc) is 2.61. The van der Waals surface area contributed by atoms with Crippen LogP contribution in [0.25, 0.3) is 11.0 Å². The molecule has 0 aliphatic rings. The molecule has 1 heterocycles. The summed E-state index contributed by atoms with van der Waals surface area (Å²) in [6.07, 6.45) is 0. The number of hydrogen-bond donors (Lipinski definition) is 1. The van der Waals surface area contributed by atoms with Crippen LogP contribution in [-0.2, 0) is 9.53 Å². The van der Waals surface area contributed by atoms with Crippen LogP contribution in [0.2, 0.25) is 0 Å². The van der Waals surface area contributed by atoms with Gasteiger partial charge in [0, 0.05) is 15.3 Å². The van der Waals surface area contributed by atoms with Crippen molar-refractivity contribution in [1.29, 1.82) is 0 Å². The van der Waals surface area contributed by atoms with Gasteiger partial charge in [0.25, 0.3) is 5.91 Å². The third kappa shape index (κ3) is 4.24. The zero-order valence-corrected chi connectivity index (χ0v) is 15.0. The quantitative estimate of drug-likeness (QED) is 0.489. The first-order valence-corrected chi connectivity index (χ1v) is 8.36. The van der Waals surface area contributed by atoms with Crippen LogP contribution in [-0.4, -0.2) is 18.5 Å². The lowest BCUT2D eigenvalue weighted by Gasteiger charge is -2.06. The van der Waals surface area contributed by atoms with Crippen LogP contribution in [0.4, 0.5) is 5.69 Å². The number of halogens is 1. The molecule has 0 atom stereocenters. The smallest absolute Gasteiger partial charge is 0.374 e. The summed E-state index contributed by atoms with van der Waals surface area (Å²) < 4.78 is 11.3. The standard InChI is InChI=1S/C18H12INO5/c19-11-5-7-12(8-6-11)20-17(22)10-24-18(23)16-9-14(21)13-3-1-2-4-15(13)25-16/h1-9H,10H2,(H,20,22). The second-order valence-electron chi connectivity index (χ2n) is 5.10. The van der Waals surface area contributed by atoms with Crippen molar-refractivity contribution in [3.63, 3.8) is 0 Å². The SMILES string of the molecule is O=C(COC(=O)c1cc(=O)c2ccccc2o1)Nc1ccc(I)cc1. The van der Waals surface area contributed by atoms with E-state index in [1.165, 1.54) is 0 Å². The molecule has 0 fully saturated rings. The van der Waals surface area contributed by atoms with E-state index in [1.807, 2.05) is 12.1 Å². The summed E-state index contributed by atoms with van der Waals surface area (Å²) in [6, 6.07) is 14.8. The zero-order chi connectivity index (χ0) is 17.8. The van der Waals surface area contributed by atoms with Crippen molar-refractivity contribution in [3.8, 4) is 0 Å². The number of para-hydroxylation sites is 1. The van der Waals surface area contributed by atoms with E-state index >= 15 is 0 Å². The summed E-state index contributed by atoms with van der Waals surface area (Å²) in [5, 5.41) is 2.98. The Bertz CT molecular complexity index is 994. The maximum Gasteiger partial charge on any atom is 0.374 e. The van der Waals surface area contributed by atoms with E-state index in [9.17, 15) is 14.4 Å². The first-order valence-electron chi connectivity index (χ1n) is 7.28. The molecule has 2 aromatic carbocycles. The normalized spacial score (nSPS) is 10.4. The van der Waals surface area contributed by atoms with Crippen molar-refractivity contribution in [2.45, 2.75) is 0 Å². The van der Waals surface area contributed by atoms with E-state index in [0.717, 1.165) is 9.64 Å². The minimum absolute atomic E-state index is 0.245. The van der Waals surface area contributed by atoms with Gasteiger partial charge in [-0.25, -0.2) is 4.79 Å². The minimum Gasteiger partial charge on any atom is -0.450 e. The molecule has 0 saturated heterocycles. The van der Waals surface area contributed by atoms with E-state index in [0.29, 0.717) is 11.1 Å². The molecule has 1 aromatic heterocycles. The molecule has 1 N–H and O–H groups in total. The third-order valence-electron chi connectivity index (χ3n) is 3.30. The minimum atomic E-state index is -0.874. The molecule has 0 aliphatic carbocycles. The summed E-state index contributed by atoms with van der Waals surface area (Å²) in [6.45, 7) is -0.485. The number of hydrogen-bond acceptors (Lipinski definition) is 5. The molecule has 0 bridgehead atoms. The molecule has 25 heavy (non-hydrogen) atoms. The maximum atomic E-state index is 12.0. The Morgan fingerprint density at radius 3 is 2.56 bits per heavy atom. The number of ether oxygens (including phenoxy) is 1. The van der Waals surface area contributed by atoms with Crippen molar-refractivity contribution in [2.24, 2.45) is 0 Å². The summed E-state index contributed by atoms with van der Waals surface area (Å²) >= 11 is 2.15. The molecule has 0 spiro atoms. The van der Waals surface area contributed by atoms with E-state index in [1.54, 1.807) is 36.4 Å². The highest BCUT2D eigenvalue weighted by atomic mass is 127. The lowest BCUT2D eigenvalue weighted by Crippen LogP contribution is -2.21. The number of esters is 1. The van der Waals surface area contributed by atoms with Gasteiger partial charge in [0.15, 0.2) is 12.0 Å². The Morgan fingerprint density at radius 1 is 1.08 bits per heavy atom. The average molecular weight is 449 g/mol. The summed E-state index contributed by atoms with van der Waals surface area (Å²) in [5.74, 6) is -1.61. The Kier molecular flexibility index (Phi) is 5.13. The van der Waals surface area contributed by atoms with Crippen molar-refractivity contribution < 1.29 is 18.7 Å². The van der Waals surface area contributed by atoms with Gasteiger partial charge in [-0.15, -0.1) is 0 Å². The van der Waals surface area contributed by atoms with Gasteiger partial charge < -0.3 is 14.5 Å². The highest BCUT2D eigenvalue weighted by Crippen LogP contribution is 2.13. The Morgan fingerprint density at radius 2 is 1.80 bits per heavy atom. The highest BCUT2D eigenvalue weighted by Gasteiger charge is 2.15. The molecule has 0 unspecified atom stereocenters. The summed E-state index contributed by atoms with van der Waals surface area (Å²) in [5.41, 5.74) is 0.529. The van der Waals surface area contributed by atoms with Crippen LogP contribution in [0.3, 0.4) is 0 Å². The first-order chi connectivity index (χ1) is 12.0. The van der Waals surface area contributed by atoms with Crippen molar-refractivity contribution >= 4 is 51.1 Å². The van der Waals surface area contributed by atoms with Crippen LogP contribution in [0.5, 0.6) is 0 Å². The predicted molar refractivity (Wildman–Crippen MR) is 101 cm³/mol. The van der Waals surface area contributed by atoms with Crippen LogP contribution < -0.4 is 10.7 Å². The van der Waals surface area contributed by atoms with Gasteiger partial charge >= 0.3 is 5.97 Å². The number of carbonyl (C=O) groups excluding carboxylic acids is 2. The van der Waals surface area contributed by atoms with Gasteiger partial charge in [0.2, 0.25) is 5.76 Å². The molecule has 3 rings (SSSR count). The number of anilines is 1. The van der Waals surface area contributed by atoms with Crippen LogP contribution in [0.1, 0.15) is 10.6 Å². The van der Waals surface area contributed by atoms with Gasteiger partial charge in [-0.1, -0.05) is 12.1 Å². The fourth-order valence-corrected chi connectivity index (χ4v) is 2.50. The Hall–Kier alpha value is -2.68. The number of nitrogens with one attached hydrogen (secondary N) is 1. The maximum absolute atomic E-state index is 12.0. The lowest BCUT2D eigenvalue weighted by molar-refractivity contribution is -0.119. The molecule has 6 nitrogen and oxygen atoms in total. The second-order valence-corrected chi connectivity index (χ2v) is 6.35. The Labute approximate surface area is 155 Å². The molecule has 7 heteroatoms. The van der Waals surface area contributed by atoms with Gasteiger partial charge in [-0.2, -0.15) is 0 Å². The molecule has 0 radical (unpaired) electrons. The topological polar surface area (TPSA) is 85.6 Å². The predicted octanol–water partition coefficient (Wildman–Crippen LogP) is 3.19. The zero-order valence-electron chi connectivity index (χ0n) is 12.8. The fraction of sp³-hybridized carbons (Fsp3) is 0.0556. The number of benzene rings is 2. The fourth-order valence-electron chi connectivity index (χ4n) is 2.14. The monoisotopic (exact) mass is 449 g/mol. The highest BCUT2D eigenvalue weighted by molar-refractivity contribution is 14.1. The van der Waals surface area contributed by atoms with Gasteiger partial charge in [0.1, 0.15) is 5.58 Å². The van der Waals surface area contributed by atoms with Crippen molar-refractivity contribution in [2.75, 3.05) is 11.9 Å². The summed E-state index contributed by atoms with van der Waals surface area (Å²) in [7, 11) is 0. The van der Waals surface area contributed by atoms with E-state index in [-0.39, 0.29) is 16.8 Å². The molecule has 1 amide bonds. The molecule has 0 saturated carbocycles. The van der Waals surface area contributed by atoms with Gasteiger partial charge in [-0.3, -0.25) is 9.59 Å². The number of carbonyl (C=O) groups is 2. The van der Waals surface area contributed by atoms with Gasteiger partial charge in [-0.05, 0) is 59.0 Å². The van der Waals surface area contributed by atoms with E-state index in [4.69, 9.17) is 9.15 Å². The Balaban J connectivity index is 1.65. The van der Waals surface area contributed by atoms with Crippen molar-refractivity contribution in [3.05, 3.63) is 74.2 Å². The van der Waals surface area contributed by atoms with Crippen LogP contribution in [0, 0.1) is 3.57 Å². The molecule has 126 valence electrons. The van der Waals surface area contributed by atoms with E-state index in [2.05, 4.69) is 27.9 Å². The van der Waals surface area contributed by atoms with Gasteiger partial charge in [0.05, 0.1) is 5.39 Å². The second kappa shape index (κ2) is 7.47. The molecule has 3 aromatic rings. The van der Waals surface area contributed by atoms with Crippen LogP contribution in [0.15, 0.2) is 63.8 Å². The number of rotatable bonds is 4. The van der Waals surface area contributed by atoms with Crippen LogP contribution >= 0.6 is 22.6 Å². The molecular weight excluding hydrogens is 437 g/mol.